The number of carbonyl (C=O) groups is 1. The minimum absolute atomic E-state index is 0.0199. The lowest BCUT2D eigenvalue weighted by atomic mass is 10.1. The van der Waals surface area contributed by atoms with Crippen LogP contribution < -0.4 is 16.2 Å². The van der Waals surface area contributed by atoms with Gasteiger partial charge in [-0.15, -0.1) is 0 Å². The summed E-state index contributed by atoms with van der Waals surface area (Å²) in [6.45, 7) is 0.523. The molecule has 2 aromatic rings. The van der Waals surface area contributed by atoms with E-state index in [-0.39, 0.29) is 15.5 Å². The highest BCUT2D eigenvalue weighted by molar-refractivity contribution is 7.89. The van der Waals surface area contributed by atoms with Crippen molar-refractivity contribution in [2.24, 2.45) is 10.9 Å². The van der Waals surface area contributed by atoms with Gasteiger partial charge in [-0.25, -0.2) is 13.6 Å². The quantitative estimate of drug-likeness (QED) is 0.733. The highest BCUT2D eigenvalue weighted by Crippen LogP contribution is 2.28. The second kappa shape index (κ2) is 6.99. The lowest BCUT2D eigenvalue weighted by molar-refractivity contribution is 0.100. The number of hydrogen-bond acceptors (Lipinski definition) is 4. The third kappa shape index (κ3) is 4.44. The molecule has 0 aliphatic heterocycles. The van der Waals surface area contributed by atoms with Gasteiger partial charge in [0.1, 0.15) is 4.90 Å². The summed E-state index contributed by atoms with van der Waals surface area (Å²) in [7, 11) is -4.04. The number of carbonyl (C=O) groups excluding carboxylic acids is 1. The Hall–Kier alpha value is -2.09. The van der Waals surface area contributed by atoms with E-state index < -0.39 is 15.9 Å². The topological polar surface area (TPSA) is 115 Å². The smallest absolute Gasteiger partial charge is 0.250 e. The third-order valence-electron chi connectivity index (χ3n) is 3.22. The monoisotopic (exact) mass is 353 g/mol. The molecular weight excluding hydrogens is 338 g/mol. The Balaban J connectivity index is 2.24. The molecular formula is C15H16ClN3O3S. The van der Waals surface area contributed by atoms with Gasteiger partial charge in [-0.1, -0.05) is 41.9 Å². The molecule has 23 heavy (non-hydrogen) atoms. The molecule has 0 heterocycles. The maximum atomic E-state index is 11.5. The van der Waals surface area contributed by atoms with E-state index in [2.05, 4.69) is 5.32 Å². The number of primary amides is 1. The van der Waals surface area contributed by atoms with Crippen LogP contribution in [0.2, 0.25) is 5.02 Å². The van der Waals surface area contributed by atoms with Crippen molar-refractivity contribution in [2.45, 2.75) is 11.3 Å². The largest absolute Gasteiger partial charge is 0.384 e. The minimum Gasteiger partial charge on any atom is -0.384 e. The molecule has 5 N–H and O–H groups in total. The van der Waals surface area contributed by atoms with E-state index in [4.69, 9.17) is 22.5 Å². The molecule has 0 aliphatic rings. The summed E-state index contributed by atoms with van der Waals surface area (Å²) in [5.74, 6) is -0.770. The summed E-state index contributed by atoms with van der Waals surface area (Å²) in [5, 5.41) is 8.04. The van der Waals surface area contributed by atoms with Gasteiger partial charge in [-0.2, -0.15) is 0 Å². The second-order valence-corrected chi connectivity index (χ2v) is 6.84. The number of halogens is 1. The lowest BCUT2D eigenvalue weighted by Gasteiger charge is -2.13. The van der Waals surface area contributed by atoms with Gasteiger partial charge in [-0.3, -0.25) is 4.79 Å². The molecule has 0 fully saturated rings. The number of nitrogens with one attached hydrogen (secondary N) is 1. The fraction of sp³-hybridized carbons (Fsp3) is 0.133. The highest BCUT2D eigenvalue weighted by atomic mass is 35.5. The second-order valence-electron chi connectivity index (χ2n) is 4.90. The van der Waals surface area contributed by atoms with Gasteiger partial charge in [0.25, 0.3) is 5.91 Å². The van der Waals surface area contributed by atoms with Crippen LogP contribution >= 0.6 is 11.6 Å². The number of primary sulfonamides is 1. The van der Waals surface area contributed by atoms with Gasteiger partial charge in [0, 0.05) is 12.2 Å². The van der Waals surface area contributed by atoms with Crippen molar-refractivity contribution in [3.05, 3.63) is 58.6 Å². The predicted octanol–water partition coefficient (Wildman–Crippen LogP) is 1.74. The van der Waals surface area contributed by atoms with E-state index in [9.17, 15) is 13.2 Å². The first kappa shape index (κ1) is 17.3. The molecule has 0 atom stereocenters. The Morgan fingerprint density at radius 3 is 2.39 bits per heavy atom. The minimum atomic E-state index is -4.04. The molecule has 0 radical (unpaired) electrons. The zero-order valence-electron chi connectivity index (χ0n) is 12.1. The van der Waals surface area contributed by atoms with E-state index >= 15 is 0 Å². The summed E-state index contributed by atoms with van der Waals surface area (Å²) >= 11 is 5.94. The van der Waals surface area contributed by atoms with Crippen LogP contribution in [0.15, 0.2) is 47.4 Å². The van der Waals surface area contributed by atoms with Gasteiger partial charge >= 0.3 is 0 Å². The van der Waals surface area contributed by atoms with Crippen LogP contribution in [0.3, 0.4) is 0 Å². The Morgan fingerprint density at radius 2 is 1.83 bits per heavy atom. The number of benzene rings is 2. The van der Waals surface area contributed by atoms with Crippen molar-refractivity contribution in [3.8, 4) is 0 Å². The van der Waals surface area contributed by atoms with Crippen LogP contribution in [0.1, 0.15) is 15.9 Å². The molecule has 0 aromatic heterocycles. The average Bonchev–Trinajstić information content (AvgIpc) is 2.46. The van der Waals surface area contributed by atoms with Crippen molar-refractivity contribution >= 4 is 33.2 Å². The molecule has 0 unspecified atom stereocenters. The molecule has 2 rings (SSSR count). The number of nitrogens with two attached hydrogens (primary N) is 2. The molecule has 0 aliphatic carbocycles. The van der Waals surface area contributed by atoms with Crippen LogP contribution in [0.4, 0.5) is 5.69 Å². The first-order valence-corrected chi connectivity index (χ1v) is 8.65. The van der Waals surface area contributed by atoms with Crippen LogP contribution in [0, 0.1) is 0 Å². The van der Waals surface area contributed by atoms with Crippen LogP contribution in [0.5, 0.6) is 0 Å². The van der Waals surface area contributed by atoms with E-state index in [0.29, 0.717) is 18.7 Å². The van der Waals surface area contributed by atoms with Crippen LogP contribution in [0.25, 0.3) is 0 Å². The Kier molecular flexibility index (Phi) is 5.25. The van der Waals surface area contributed by atoms with Crippen LogP contribution in [-0.2, 0) is 16.4 Å². The van der Waals surface area contributed by atoms with Gasteiger partial charge in [0.05, 0.1) is 10.6 Å². The summed E-state index contributed by atoms with van der Waals surface area (Å²) in [6.07, 6.45) is 0.716. The predicted molar refractivity (Wildman–Crippen MR) is 90.0 cm³/mol. The van der Waals surface area contributed by atoms with Crippen molar-refractivity contribution in [3.63, 3.8) is 0 Å². The highest BCUT2D eigenvalue weighted by Gasteiger charge is 2.19. The molecule has 0 bridgehead atoms. The fourth-order valence-electron chi connectivity index (χ4n) is 2.11. The molecule has 0 saturated heterocycles. The Bertz CT molecular complexity index is 823. The average molecular weight is 354 g/mol. The van der Waals surface area contributed by atoms with Crippen LogP contribution in [-0.4, -0.2) is 20.9 Å². The summed E-state index contributed by atoms with van der Waals surface area (Å²) in [4.78, 5) is 11.2. The third-order valence-corrected chi connectivity index (χ3v) is 4.59. The van der Waals surface area contributed by atoms with E-state index in [1.54, 1.807) is 0 Å². The zero-order valence-corrected chi connectivity index (χ0v) is 13.7. The van der Waals surface area contributed by atoms with Gasteiger partial charge in [0.15, 0.2) is 0 Å². The molecule has 0 saturated carbocycles. The SMILES string of the molecule is NC(=O)c1cc(S(N)(=O)=O)c(Cl)cc1NCCc1ccccc1. The first-order valence-electron chi connectivity index (χ1n) is 6.73. The van der Waals surface area contributed by atoms with Gasteiger partial charge in [-0.05, 0) is 24.1 Å². The first-order chi connectivity index (χ1) is 10.8. The summed E-state index contributed by atoms with van der Waals surface area (Å²) in [6, 6.07) is 12.2. The molecule has 6 nitrogen and oxygen atoms in total. The molecule has 1 amide bonds. The van der Waals surface area contributed by atoms with Gasteiger partial charge < -0.3 is 11.1 Å². The summed E-state index contributed by atoms with van der Waals surface area (Å²) < 4.78 is 22.9. The molecule has 8 heteroatoms. The van der Waals surface area contributed by atoms with E-state index in [1.807, 2.05) is 30.3 Å². The number of anilines is 1. The van der Waals surface area contributed by atoms with Crippen molar-refractivity contribution in [2.75, 3.05) is 11.9 Å². The summed E-state index contributed by atoms with van der Waals surface area (Å²) in [5.41, 5.74) is 6.81. The van der Waals surface area contributed by atoms with Crippen molar-refractivity contribution in [1.82, 2.24) is 0 Å². The fourth-order valence-corrected chi connectivity index (χ4v) is 3.21. The lowest BCUT2D eigenvalue weighted by Crippen LogP contribution is -2.19. The van der Waals surface area contributed by atoms with E-state index in [0.717, 1.165) is 11.6 Å². The number of rotatable bonds is 6. The van der Waals surface area contributed by atoms with Gasteiger partial charge in [0.2, 0.25) is 10.0 Å². The molecule has 2 aromatic carbocycles. The molecule has 122 valence electrons. The molecule has 0 spiro atoms. The normalized spacial score (nSPS) is 11.2. The number of sulfonamides is 1. The number of hydrogen-bond donors (Lipinski definition) is 3. The van der Waals surface area contributed by atoms with Crippen molar-refractivity contribution < 1.29 is 13.2 Å². The standard InChI is InChI=1S/C15H16ClN3O3S/c16-12-9-13(19-7-6-10-4-2-1-3-5-10)11(15(17)20)8-14(12)23(18,21)22/h1-5,8-9,19H,6-7H2,(H2,17,20)(H2,18,21,22). The Labute approximate surface area is 139 Å². The zero-order chi connectivity index (χ0) is 17.0. The maximum absolute atomic E-state index is 11.5. The Morgan fingerprint density at radius 1 is 1.17 bits per heavy atom. The number of amides is 1. The van der Waals surface area contributed by atoms with Crippen molar-refractivity contribution in [1.29, 1.82) is 0 Å². The van der Waals surface area contributed by atoms with E-state index in [1.165, 1.54) is 6.07 Å². The maximum Gasteiger partial charge on any atom is 0.250 e.